The molecule has 0 saturated carbocycles. The molecule has 4 amide bonds. The number of nitrogens with one attached hydrogen (secondary N) is 5. The smallest absolute Gasteiger partial charge is 0.411 e. The molecule has 17 nitrogen and oxygen atoms in total. The number of anilines is 3. The maximum atomic E-state index is 11.0. The number of alkyl carbamates (subject to hydrolysis) is 1. The van der Waals surface area contributed by atoms with Crippen LogP contribution in [0.3, 0.4) is 0 Å². The van der Waals surface area contributed by atoms with Gasteiger partial charge >= 0.3 is 12.2 Å². The van der Waals surface area contributed by atoms with E-state index in [4.69, 9.17) is 18.9 Å². The molecule has 0 unspecified atom stereocenters. The van der Waals surface area contributed by atoms with Gasteiger partial charge in [-0.2, -0.15) is 11.4 Å². The molecule has 341 valence electrons. The quantitative estimate of drug-likeness (QED) is 0.0308. The number of hydrogen-bond acceptors (Lipinski definition) is 12. The van der Waals surface area contributed by atoms with Gasteiger partial charge in [0, 0.05) is 70.4 Å². The summed E-state index contributed by atoms with van der Waals surface area (Å²) >= 11 is 0. The molecule has 3 aromatic rings. The molecule has 3 aromatic carbocycles. The van der Waals surface area contributed by atoms with Crippen LogP contribution in [0.15, 0.2) is 93.8 Å². The number of rotatable bonds is 16. The summed E-state index contributed by atoms with van der Waals surface area (Å²) in [5.74, 6) is 0. The second-order valence-electron chi connectivity index (χ2n) is 13.3. The fourth-order valence-corrected chi connectivity index (χ4v) is 3.58. The summed E-state index contributed by atoms with van der Waals surface area (Å²) in [6.45, 7) is 19.1. The molecule has 3 rings (SSSR count). The fraction of sp³-hybridized carbons (Fsp3) is 0.455. The van der Waals surface area contributed by atoms with Crippen molar-refractivity contribution in [3.8, 4) is 0 Å². The summed E-state index contributed by atoms with van der Waals surface area (Å²) in [6, 6.07) is 28.6. The molecule has 0 atom stereocenters. The average Bonchev–Trinajstić information content (AvgIpc) is 3.20. The van der Waals surface area contributed by atoms with E-state index in [1.54, 1.807) is 45.2 Å². The Balaban J connectivity index is -0.000000721. The zero-order valence-corrected chi connectivity index (χ0v) is 41.1. The standard InChI is InChI=1S/C13H20N2O2.C10H11N2O3.C10H12N2.C7H15NO3.C4H8NO.Y/c1-11(2)14-13(17-10-9-16-3)15-12-7-5-4-6-8-12;1-7-3-4-8(11-6-13)5-9(7)12-10(14)15-2;1-9(2)11-8-12-10-6-4-3-5-7-10;1-6(2)8-7(9)11-5-4-10-3;1-4(2)5-3-6;/h4-8,11H,9-10H2,1-3H3,(H,14,15);3-5H,1-2H3,(H,11,13)(H,12,14);3-7,9H,1-2H3;6H,4-5H2,1-3H3,(H,8,9);4H,1-2H3,(H,5,6);/q;-1;;;-1;. The Bertz CT molecular complexity index is 1690. The van der Waals surface area contributed by atoms with Crippen LogP contribution in [0.1, 0.15) is 61.0 Å². The van der Waals surface area contributed by atoms with Gasteiger partial charge < -0.3 is 54.5 Å². The number of para-hydroxylation sites is 2. The van der Waals surface area contributed by atoms with E-state index in [1.807, 2.05) is 123 Å². The van der Waals surface area contributed by atoms with Gasteiger partial charge in [-0.3, -0.25) is 5.32 Å². The number of aryl methyl sites for hydroxylation is 1. The van der Waals surface area contributed by atoms with Gasteiger partial charge in [-0.15, -0.1) is 11.8 Å². The largest absolute Gasteiger partial charge is 0.528 e. The van der Waals surface area contributed by atoms with Crippen molar-refractivity contribution in [3.05, 3.63) is 84.4 Å². The number of carbonyl (C=O) groups is 2. The van der Waals surface area contributed by atoms with Crippen molar-refractivity contribution in [2.75, 3.05) is 63.7 Å². The number of nitrogens with zero attached hydrogens (tertiary/aromatic N) is 3. The fourth-order valence-electron chi connectivity index (χ4n) is 3.58. The first kappa shape index (κ1) is 61.1. The Morgan fingerprint density at radius 3 is 1.73 bits per heavy atom. The molecule has 0 aliphatic carbocycles. The molecule has 0 aliphatic rings. The third-order valence-electron chi connectivity index (χ3n) is 6.31. The SMILES string of the molecule is CC(C)N=C=Nc1ccccc1.CC(C)N[C-]=O.COC(=O)Nc1cc(N[C-]=O)ccc1C.COCCOC(=NC(C)C)Nc1ccccc1.COCCOC(=O)NC(C)C.[Y]. The van der Waals surface area contributed by atoms with Gasteiger partial charge in [-0.05, 0) is 98.2 Å². The maximum Gasteiger partial charge on any atom is 0.411 e. The Kier molecular flexibility index (Phi) is 40.6. The second-order valence-corrected chi connectivity index (χ2v) is 13.3. The van der Waals surface area contributed by atoms with E-state index in [0.29, 0.717) is 43.8 Å². The molecule has 0 heterocycles. The first-order chi connectivity index (χ1) is 29.1. The number of hydrogen-bond donors (Lipinski definition) is 5. The van der Waals surface area contributed by atoms with E-state index in [1.165, 1.54) is 7.11 Å². The minimum atomic E-state index is -0.551. The van der Waals surface area contributed by atoms with Crippen molar-refractivity contribution in [2.45, 2.75) is 86.5 Å². The normalized spacial score (nSPS) is 9.77. The van der Waals surface area contributed by atoms with Crippen LogP contribution in [0.5, 0.6) is 0 Å². The first-order valence-electron chi connectivity index (χ1n) is 19.5. The van der Waals surface area contributed by atoms with Gasteiger partial charge in [0.15, 0.2) is 0 Å². The maximum absolute atomic E-state index is 11.0. The molecule has 18 heteroatoms. The number of benzene rings is 3. The summed E-state index contributed by atoms with van der Waals surface area (Å²) < 4.78 is 24.3. The topological polar surface area (TPSA) is 212 Å². The van der Waals surface area contributed by atoms with Crippen LogP contribution in [0.2, 0.25) is 0 Å². The van der Waals surface area contributed by atoms with E-state index in [0.717, 1.165) is 16.9 Å². The van der Waals surface area contributed by atoms with Gasteiger partial charge in [0.2, 0.25) is 0 Å². The molecule has 0 aromatic heterocycles. The zero-order chi connectivity index (χ0) is 46.3. The van der Waals surface area contributed by atoms with Gasteiger partial charge in [-0.25, -0.2) is 19.6 Å². The molecule has 0 bridgehead atoms. The molecule has 0 aliphatic heterocycles. The molecule has 1 radical (unpaired) electrons. The van der Waals surface area contributed by atoms with E-state index < -0.39 is 12.2 Å². The van der Waals surface area contributed by atoms with Crippen LogP contribution in [0.4, 0.5) is 32.3 Å². The molecule has 0 spiro atoms. The predicted molar refractivity (Wildman–Crippen MR) is 244 cm³/mol. The summed E-state index contributed by atoms with van der Waals surface area (Å²) in [5.41, 5.74) is 3.87. The van der Waals surface area contributed by atoms with Crippen LogP contribution in [0, 0.1) is 6.92 Å². The number of carbonyl (C=O) groups excluding carboxylic acids is 4. The molecular formula is C44H66N8O9Y-2. The van der Waals surface area contributed by atoms with Crippen molar-refractivity contribution in [1.82, 2.24) is 10.6 Å². The van der Waals surface area contributed by atoms with Crippen molar-refractivity contribution in [3.63, 3.8) is 0 Å². The van der Waals surface area contributed by atoms with Crippen molar-refractivity contribution >= 4 is 59.8 Å². The predicted octanol–water partition coefficient (Wildman–Crippen LogP) is 7.90. The third-order valence-corrected chi connectivity index (χ3v) is 6.31. The Hall–Kier alpha value is -5.19. The number of amides is 4. The van der Waals surface area contributed by atoms with Crippen LogP contribution >= 0.6 is 0 Å². The van der Waals surface area contributed by atoms with Gasteiger partial charge in [0.05, 0.1) is 44.5 Å². The molecule has 62 heavy (non-hydrogen) atoms. The number of amidine groups is 1. The van der Waals surface area contributed by atoms with E-state index >= 15 is 0 Å². The molecule has 0 fully saturated rings. The minimum Gasteiger partial charge on any atom is -0.528 e. The zero-order valence-electron chi connectivity index (χ0n) is 38.2. The Morgan fingerprint density at radius 1 is 0.677 bits per heavy atom. The van der Waals surface area contributed by atoms with Gasteiger partial charge in [0.25, 0.3) is 6.02 Å². The van der Waals surface area contributed by atoms with Crippen molar-refractivity contribution in [1.29, 1.82) is 0 Å². The van der Waals surface area contributed by atoms with Crippen molar-refractivity contribution in [2.24, 2.45) is 15.0 Å². The number of ether oxygens (including phenoxy) is 5. The van der Waals surface area contributed by atoms with Crippen LogP contribution < -0.4 is 26.6 Å². The van der Waals surface area contributed by atoms with Crippen LogP contribution in [-0.2, 0) is 66.0 Å². The van der Waals surface area contributed by atoms with Gasteiger partial charge in [0.1, 0.15) is 13.2 Å². The van der Waals surface area contributed by atoms with Crippen LogP contribution in [-0.4, -0.2) is 109 Å². The summed E-state index contributed by atoms with van der Waals surface area (Å²) in [7, 11) is 4.49. The molecule has 5 N–H and O–H groups in total. The molecule has 0 saturated heterocycles. The minimum absolute atomic E-state index is 0. The Morgan fingerprint density at radius 2 is 1.26 bits per heavy atom. The number of methoxy groups -OCH3 is 3. The summed E-state index contributed by atoms with van der Waals surface area (Å²) in [5, 5.41) is 13.0. The van der Waals surface area contributed by atoms with Crippen LogP contribution in [0.25, 0.3) is 0 Å². The van der Waals surface area contributed by atoms with E-state index in [-0.39, 0.29) is 56.9 Å². The number of aliphatic imine (C=N–C) groups is 3. The summed E-state index contributed by atoms with van der Waals surface area (Å²) in [4.78, 5) is 53.6. The Labute approximate surface area is 393 Å². The first-order valence-corrected chi connectivity index (χ1v) is 19.5. The average molecular weight is 940 g/mol. The van der Waals surface area contributed by atoms with E-state index in [9.17, 15) is 19.2 Å². The molecular weight excluding hydrogens is 873 g/mol. The monoisotopic (exact) mass is 939 g/mol. The summed E-state index contributed by atoms with van der Waals surface area (Å²) in [6.07, 6.45) is 2.18. The van der Waals surface area contributed by atoms with Gasteiger partial charge in [-0.1, -0.05) is 48.5 Å². The van der Waals surface area contributed by atoms with Crippen molar-refractivity contribution < 1.29 is 75.6 Å². The van der Waals surface area contributed by atoms with E-state index in [2.05, 4.69) is 52.3 Å². The third kappa shape index (κ3) is 39.0. The second kappa shape index (κ2) is 41.2.